The number of fused-ring (bicyclic) bond motifs is 1. The molecule has 0 spiro atoms. The minimum atomic E-state index is -1.01. The molecule has 1 aliphatic rings. The van der Waals surface area contributed by atoms with Crippen LogP contribution >= 0.6 is 11.6 Å². The van der Waals surface area contributed by atoms with Crippen LogP contribution in [0.4, 0.5) is 5.82 Å². The van der Waals surface area contributed by atoms with Crippen molar-refractivity contribution in [3.8, 4) is 5.75 Å². The first kappa shape index (κ1) is 21.1. The zero-order chi connectivity index (χ0) is 19.8. The van der Waals surface area contributed by atoms with Gasteiger partial charge in [0.15, 0.2) is 6.61 Å². The van der Waals surface area contributed by atoms with E-state index in [9.17, 15) is 4.79 Å². The molecule has 148 valence electrons. The second kappa shape index (κ2) is 10.2. The number of aliphatic carboxylic acids is 1. The van der Waals surface area contributed by atoms with Crippen LogP contribution < -0.4 is 10.1 Å². The highest BCUT2D eigenvalue weighted by atomic mass is 35.5. The lowest BCUT2D eigenvalue weighted by atomic mass is 9.90. The minimum Gasteiger partial charge on any atom is -0.482 e. The number of nitrogens with zero attached hydrogens (tertiary/aromatic N) is 2. The molecule has 0 amide bonds. The summed E-state index contributed by atoms with van der Waals surface area (Å²) in [6.07, 6.45) is 2.92. The Hall–Kier alpha value is -2.21. The molecule has 1 atom stereocenters. The summed E-state index contributed by atoms with van der Waals surface area (Å²) in [5, 5.41) is 17.6. The number of aromatic nitrogens is 2. The summed E-state index contributed by atoms with van der Waals surface area (Å²) in [6, 6.07) is 7.47. The predicted octanol–water partition coefficient (Wildman–Crippen LogP) is 4.77. The van der Waals surface area contributed by atoms with Gasteiger partial charge in [-0.25, -0.2) is 9.48 Å². The number of nitrogens with one attached hydrogen (secondary N) is 1. The molecule has 2 heterocycles. The molecule has 0 fully saturated rings. The molecule has 6 nitrogen and oxygen atoms in total. The number of carboxylic acids is 1. The Morgan fingerprint density at radius 1 is 1.41 bits per heavy atom. The Kier molecular flexibility index (Phi) is 7.98. The number of aryl methyl sites for hydroxylation is 1. The van der Waals surface area contributed by atoms with E-state index in [0.717, 1.165) is 49.4 Å². The van der Waals surface area contributed by atoms with Crippen LogP contribution in [0.3, 0.4) is 0 Å². The van der Waals surface area contributed by atoms with Crippen LogP contribution in [-0.2, 0) is 11.3 Å². The number of carboxylic acid groups (broad SMARTS) is 1. The van der Waals surface area contributed by atoms with Gasteiger partial charge in [0.1, 0.15) is 11.6 Å². The van der Waals surface area contributed by atoms with Crippen molar-refractivity contribution in [1.29, 1.82) is 0 Å². The zero-order valence-electron chi connectivity index (χ0n) is 16.2. The Morgan fingerprint density at radius 3 is 2.85 bits per heavy atom. The molecule has 0 aliphatic carbocycles. The molecule has 3 rings (SSSR count). The van der Waals surface area contributed by atoms with Crippen molar-refractivity contribution in [1.82, 2.24) is 9.78 Å². The van der Waals surface area contributed by atoms with Gasteiger partial charge in [0, 0.05) is 35.7 Å². The summed E-state index contributed by atoms with van der Waals surface area (Å²) in [5.74, 6) is 0.558. The van der Waals surface area contributed by atoms with Crippen molar-refractivity contribution < 1.29 is 14.6 Å². The minimum absolute atomic E-state index is 0.0333. The molecule has 2 aromatic rings. The fourth-order valence-electron chi connectivity index (χ4n) is 3.18. The van der Waals surface area contributed by atoms with E-state index in [0.29, 0.717) is 10.8 Å². The van der Waals surface area contributed by atoms with Crippen LogP contribution in [0.5, 0.6) is 5.75 Å². The largest absolute Gasteiger partial charge is 0.482 e. The van der Waals surface area contributed by atoms with Crippen molar-refractivity contribution >= 4 is 23.4 Å². The first-order valence-electron chi connectivity index (χ1n) is 9.54. The summed E-state index contributed by atoms with van der Waals surface area (Å²) in [7, 11) is 0. The van der Waals surface area contributed by atoms with Gasteiger partial charge in [0.05, 0.1) is 5.69 Å². The molecule has 1 aromatic carbocycles. The molecule has 1 aliphatic heterocycles. The lowest BCUT2D eigenvalue weighted by Crippen LogP contribution is -2.17. The second-order valence-corrected chi connectivity index (χ2v) is 6.60. The van der Waals surface area contributed by atoms with Gasteiger partial charge in [-0.3, -0.25) is 0 Å². The Bertz CT molecular complexity index is 737. The van der Waals surface area contributed by atoms with E-state index >= 15 is 0 Å². The number of hydrogen-bond donors (Lipinski definition) is 2. The van der Waals surface area contributed by atoms with E-state index in [1.165, 1.54) is 0 Å². The molecule has 1 unspecified atom stereocenters. The second-order valence-electron chi connectivity index (χ2n) is 6.16. The number of hydrogen-bond acceptors (Lipinski definition) is 4. The molecular weight excluding hydrogens is 366 g/mol. The van der Waals surface area contributed by atoms with Crippen molar-refractivity contribution in [2.24, 2.45) is 0 Å². The summed E-state index contributed by atoms with van der Waals surface area (Å²) in [4.78, 5) is 10.9. The average molecular weight is 394 g/mol. The lowest BCUT2D eigenvalue weighted by Gasteiger charge is -2.18. The number of rotatable bonds is 7. The SMILES string of the molecule is CC.CCCC(c1cc2n(n1)CCCN2)c1ccc(Cl)cc1OCC(=O)O. The van der Waals surface area contributed by atoms with Gasteiger partial charge >= 0.3 is 5.97 Å². The summed E-state index contributed by atoms with van der Waals surface area (Å²) in [5.41, 5.74) is 1.89. The summed E-state index contributed by atoms with van der Waals surface area (Å²) < 4.78 is 7.49. The highest BCUT2D eigenvalue weighted by Crippen LogP contribution is 2.37. The molecule has 2 N–H and O–H groups in total. The maximum atomic E-state index is 10.9. The number of carbonyl (C=O) groups is 1. The molecular formula is C20H28ClN3O3. The van der Waals surface area contributed by atoms with Crippen molar-refractivity contribution in [3.63, 3.8) is 0 Å². The van der Waals surface area contributed by atoms with E-state index < -0.39 is 12.6 Å². The molecule has 0 radical (unpaired) electrons. The van der Waals surface area contributed by atoms with E-state index in [4.69, 9.17) is 26.5 Å². The normalized spacial score (nSPS) is 13.6. The number of halogens is 1. The van der Waals surface area contributed by atoms with Gasteiger partial charge < -0.3 is 15.2 Å². The van der Waals surface area contributed by atoms with E-state index in [-0.39, 0.29) is 5.92 Å². The third-order valence-corrected chi connectivity index (χ3v) is 4.52. The van der Waals surface area contributed by atoms with Gasteiger partial charge in [-0.1, -0.05) is 44.9 Å². The fraction of sp³-hybridized carbons (Fsp3) is 0.500. The standard InChI is InChI=1S/C18H22ClN3O3.C2H6/c1-2-4-13(15-10-17-20-7-3-8-22(17)21-15)14-6-5-12(19)9-16(14)25-11-18(23)24;1-2/h5-6,9-10,13,20H,2-4,7-8,11H2,1H3,(H,23,24);1-2H3. The topological polar surface area (TPSA) is 76.4 Å². The smallest absolute Gasteiger partial charge is 0.341 e. The van der Waals surface area contributed by atoms with E-state index in [1.807, 2.05) is 24.6 Å². The van der Waals surface area contributed by atoms with Crippen LogP contribution in [0, 0.1) is 0 Å². The van der Waals surface area contributed by atoms with Crippen molar-refractivity contribution in [2.45, 2.75) is 52.5 Å². The molecule has 0 saturated heterocycles. The van der Waals surface area contributed by atoms with Crippen LogP contribution in [-0.4, -0.2) is 34.0 Å². The predicted molar refractivity (Wildman–Crippen MR) is 108 cm³/mol. The zero-order valence-corrected chi connectivity index (χ0v) is 16.9. The molecule has 0 bridgehead atoms. The summed E-state index contributed by atoms with van der Waals surface area (Å²) >= 11 is 6.09. The number of benzene rings is 1. The first-order valence-corrected chi connectivity index (χ1v) is 9.92. The van der Waals surface area contributed by atoms with Gasteiger partial charge in [-0.15, -0.1) is 0 Å². The summed E-state index contributed by atoms with van der Waals surface area (Å²) in [6.45, 7) is 7.59. The molecule has 1 aromatic heterocycles. The van der Waals surface area contributed by atoms with Crippen LogP contribution in [0.25, 0.3) is 0 Å². The molecule has 27 heavy (non-hydrogen) atoms. The highest BCUT2D eigenvalue weighted by molar-refractivity contribution is 6.30. The number of anilines is 1. The van der Waals surface area contributed by atoms with E-state index in [1.54, 1.807) is 12.1 Å². The van der Waals surface area contributed by atoms with E-state index in [2.05, 4.69) is 18.3 Å². The van der Waals surface area contributed by atoms with Gasteiger partial charge in [-0.2, -0.15) is 5.10 Å². The van der Waals surface area contributed by atoms with Crippen LogP contribution in [0.1, 0.15) is 57.2 Å². The first-order chi connectivity index (χ1) is 13.1. The lowest BCUT2D eigenvalue weighted by molar-refractivity contribution is -0.139. The van der Waals surface area contributed by atoms with Gasteiger partial charge in [-0.05, 0) is 25.0 Å². The third kappa shape index (κ3) is 5.39. The fourth-order valence-corrected chi connectivity index (χ4v) is 3.34. The quantitative estimate of drug-likeness (QED) is 0.708. The van der Waals surface area contributed by atoms with Crippen LogP contribution in [0.15, 0.2) is 24.3 Å². The number of ether oxygens (including phenoxy) is 1. The maximum Gasteiger partial charge on any atom is 0.341 e. The molecule has 0 saturated carbocycles. The maximum absolute atomic E-state index is 10.9. The average Bonchev–Trinajstić information content (AvgIpc) is 3.10. The molecule has 7 heteroatoms. The monoisotopic (exact) mass is 393 g/mol. The Labute approximate surface area is 165 Å². The third-order valence-electron chi connectivity index (χ3n) is 4.29. The highest BCUT2D eigenvalue weighted by Gasteiger charge is 2.23. The van der Waals surface area contributed by atoms with Crippen molar-refractivity contribution in [3.05, 3.63) is 40.5 Å². The van der Waals surface area contributed by atoms with Crippen molar-refractivity contribution in [2.75, 3.05) is 18.5 Å². The Balaban J connectivity index is 0.00000126. The Morgan fingerprint density at radius 2 is 2.19 bits per heavy atom. The van der Waals surface area contributed by atoms with Crippen LogP contribution in [0.2, 0.25) is 5.02 Å². The van der Waals surface area contributed by atoms with Gasteiger partial charge in [0.25, 0.3) is 0 Å². The van der Waals surface area contributed by atoms with Gasteiger partial charge in [0.2, 0.25) is 0 Å².